The molecule has 0 atom stereocenters. The van der Waals surface area contributed by atoms with E-state index in [0.717, 1.165) is 64.4 Å². The lowest BCUT2D eigenvalue weighted by atomic mass is 9.48. The summed E-state index contributed by atoms with van der Waals surface area (Å²) in [6.07, 6.45) is 7.48. The first-order valence-corrected chi connectivity index (χ1v) is 12.8. The van der Waals surface area contributed by atoms with Crippen molar-refractivity contribution in [2.24, 2.45) is 23.2 Å². The van der Waals surface area contributed by atoms with Crippen molar-refractivity contribution in [3.05, 3.63) is 66.7 Å². The van der Waals surface area contributed by atoms with E-state index in [4.69, 9.17) is 0 Å². The zero-order valence-electron chi connectivity index (χ0n) is 18.2. The summed E-state index contributed by atoms with van der Waals surface area (Å²) in [5.41, 5.74) is 4.04. The number of benzene rings is 2. The van der Waals surface area contributed by atoms with Crippen LogP contribution in [-0.4, -0.2) is 21.7 Å². The van der Waals surface area contributed by atoms with Gasteiger partial charge in [-0.1, -0.05) is 72.4 Å². The number of Topliss-reactive ketones (excluding diaryl/α,β-unsaturated/α-hetero) is 1. The molecule has 0 saturated heterocycles. The maximum Gasteiger partial charge on any atom is 0.149 e. The van der Waals surface area contributed by atoms with Crippen molar-refractivity contribution in [3.63, 3.8) is 0 Å². The van der Waals surface area contributed by atoms with Crippen LogP contribution in [0.15, 0.2) is 71.8 Å². The first-order valence-electron chi connectivity index (χ1n) is 11.8. The lowest BCUT2D eigenvalue weighted by Gasteiger charge is -2.56. The molecule has 3 nitrogen and oxygen atoms in total. The molecule has 4 bridgehead atoms. The third kappa shape index (κ3) is 3.69. The fourth-order valence-corrected chi connectivity index (χ4v) is 7.81. The lowest BCUT2D eigenvalue weighted by molar-refractivity contribution is -0.141. The summed E-state index contributed by atoms with van der Waals surface area (Å²) in [6, 6.07) is 22.6. The Balaban J connectivity index is 1.27. The van der Waals surface area contributed by atoms with E-state index in [1.807, 2.05) is 36.4 Å². The number of rotatable bonds is 6. The van der Waals surface area contributed by atoms with E-state index in [1.165, 1.54) is 19.3 Å². The molecule has 2 aromatic carbocycles. The van der Waals surface area contributed by atoms with E-state index in [-0.39, 0.29) is 5.41 Å². The van der Waals surface area contributed by atoms with Crippen LogP contribution in [0, 0.1) is 23.2 Å². The van der Waals surface area contributed by atoms with Crippen LogP contribution in [0.3, 0.4) is 0 Å². The molecule has 0 spiro atoms. The van der Waals surface area contributed by atoms with Gasteiger partial charge < -0.3 is 0 Å². The molecule has 0 amide bonds. The predicted molar refractivity (Wildman–Crippen MR) is 129 cm³/mol. The number of hydrogen-bond donors (Lipinski definition) is 0. The minimum atomic E-state index is -0.0495. The first-order chi connectivity index (χ1) is 15.7. The molecular formula is C28H28N2OS. The molecule has 0 radical (unpaired) electrons. The van der Waals surface area contributed by atoms with Crippen molar-refractivity contribution in [2.75, 3.05) is 5.75 Å². The van der Waals surface area contributed by atoms with Gasteiger partial charge >= 0.3 is 0 Å². The minimum absolute atomic E-state index is 0.0495. The highest BCUT2D eigenvalue weighted by atomic mass is 32.2. The molecule has 0 aliphatic heterocycles. The van der Waals surface area contributed by atoms with Crippen LogP contribution in [0.4, 0.5) is 0 Å². The summed E-state index contributed by atoms with van der Waals surface area (Å²) in [5, 5.41) is 9.99. The monoisotopic (exact) mass is 440 g/mol. The number of carbonyl (C=O) groups is 1. The van der Waals surface area contributed by atoms with Crippen LogP contribution in [0.25, 0.3) is 22.4 Å². The number of nitrogens with zero attached hydrogens (tertiary/aromatic N) is 2. The summed E-state index contributed by atoms with van der Waals surface area (Å²) < 4.78 is 0. The zero-order chi connectivity index (χ0) is 21.5. The summed E-state index contributed by atoms with van der Waals surface area (Å²) in [7, 11) is 0. The minimum Gasteiger partial charge on any atom is -0.298 e. The van der Waals surface area contributed by atoms with E-state index in [1.54, 1.807) is 11.8 Å². The number of thioether (sulfide) groups is 1. The van der Waals surface area contributed by atoms with Crippen LogP contribution in [-0.2, 0) is 4.79 Å². The van der Waals surface area contributed by atoms with Crippen molar-refractivity contribution < 1.29 is 4.79 Å². The standard InChI is InChI=1S/C28H28N2OS/c31-26(28-15-19-11-20(16-28)13-21(12-19)17-28)18-32-27-24(22-7-3-1-4-8-22)14-25(29-30-27)23-9-5-2-6-10-23/h1-10,14,19-21H,11-13,15-18H2. The van der Waals surface area contributed by atoms with E-state index in [2.05, 4.69) is 40.5 Å². The van der Waals surface area contributed by atoms with Crippen LogP contribution < -0.4 is 0 Å². The maximum absolute atomic E-state index is 13.5. The normalized spacial score (nSPS) is 28.1. The van der Waals surface area contributed by atoms with E-state index >= 15 is 0 Å². The van der Waals surface area contributed by atoms with Gasteiger partial charge in [0.25, 0.3) is 0 Å². The third-order valence-corrected chi connectivity index (χ3v) is 8.87. The Bertz CT molecular complexity index is 1090. The highest BCUT2D eigenvalue weighted by Crippen LogP contribution is 2.60. The molecule has 0 N–H and O–H groups in total. The van der Waals surface area contributed by atoms with Gasteiger partial charge in [-0.25, -0.2) is 0 Å². The van der Waals surface area contributed by atoms with Crippen LogP contribution in [0.5, 0.6) is 0 Å². The van der Waals surface area contributed by atoms with Crippen molar-refractivity contribution in [1.29, 1.82) is 0 Å². The molecule has 4 heteroatoms. The fraction of sp³-hybridized carbons (Fsp3) is 0.393. The molecule has 32 heavy (non-hydrogen) atoms. The molecule has 0 unspecified atom stereocenters. The fourth-order valence-electron chi connectivity index (χ4n) is 6.80. The molecule has 4 aliphatic rings. The van der Waals surface area contributed by atoms with Crippen LogP contribution >= 0.6 is 11.8 Å². The van der Waals surface area contributed by atoms with Crippen molar-refractivity contribution in [2.45, 2.75) is 43.6 Å². The highest BCUT2D eigenvalue weighted by molar-refractivity contribution is 8.00. The second kappa shape index (κ2) is 8.15. The Morgan fingerprint density at radius 3 is 1.97 bits per heavy atom. The second-order valence-electron chi connectivity index (χ2n) is 10.1. The number of aromatic nitrogens is 2. The third-order valence-electron chi connectivity index (χ3n) is 7.88. The predicted octanol–water partition coefficient (Wildman–Crippen LogP) is 6.69. The Kier molecular flexibility index (Phi) is 5.14. The number of carbonyl (C=O) groups excluding carboxylic acids is 1. The maximum atomic E-state index is 13.5. The molecule has 162 valence electrons. The average Bonchev–Trinajstić information content (AvgIpc) is 2.83. The molecule has 4 aliphatic carbocycles. The molecule has 1 aromatic heterocycles. The zero-order valence-corrected chi connectivity index (χ0v) is 19.1. The smallest absolute Gasteiger partial charge is 0.149 e. The summed E-state index contributed by atoms with van der Waals surface area (Å²) in [4.78, 5) is 13.5. The molecule has 3 aromatic rings. The largest absolute Gasteiger partial charge is 0.298 e. The molecular weight excluding hydrogens is 412 g/mol. The lowest BCUT2D eigenvalue weighted by Crippen LogP contribution is -2.50. The Morgan fingerprint density at radius 1 is 0.812 bits per heavy atom. The van der Waals surface area contributed by atoms with E-state index in [9.17, 15) is 4.79 Å². The van der Waals surface area contributed by atoms with Gasteiger partial charge in [0.1, 0.15) is 10.8 Å². The van der Waals surface area contributed by atoms with Gasteiger partial charge in [0.05, 0.1) is 11.4 Å². The highest BCUT2D eigenvalue weighted by Gasteiger charge is 2.54. The van der Waals surface area contributed by atoms with Gasteiger partial charge in [-0.2, -0.15) is 0 Å². The van der Waals surface area contributed by atoms with Gasteiger partial charge in [-0.3, -0.25) is 4.79 Å². The van der Waals surface area contributed by atoms with Gasteiger partial charge in [0, 0.05) is 16.5 Å². The molecule has 1 heterocycles. The van der Waals surface area contributed by atoms with Crippen molar-refractivity contribution in [3.8, 4) is 22.4 Å². The van der Waals surface area contributed by atoms with Gasteiger partial charge in [-0.05, 0) is 67.9 Å². The van der Waals surface area contributed by atoms with Crippen molar-refractivity contribution >= 4 is 17.5 Å². The van der Waals surface area contributed by atoms with Gasteiger partial charge in [0.2, 0.25) is 0 Å². The van der Waals surface area contributed by atoms with E-state index in [0.29, 0.717) is 11.5 Å². The Hall–Kier alpha value is -2.46. The first kappa shape index (κ1) is 20.2. The van der Waals surface area contributed by atoms with Crippen molar-refractivity contribution in [1.82, 2.24) is 10.2 Å². The van der Waals surface area contributed by atoms with Crippen LogP contribution in [0.2, 0.25) is 0 Å². The van der Waals surface area contributed by atoms with Gasteiger partial charge in [0.15, 0.2) is 0 Å². The Morgan fingerprint density at radius 2 is 1.38 bits per heavy atom. The Labute approximate surface area is 194 Å². The van der Waals surface area contributed by atoms with Gasteiger partial charge in [-0.15, -0.1) is 10.2 Å². The van der Waals surface area contributed by atoms with Crippen LogP contribution in [0.1, 0.15) is 38.5 Å². The van der Waals surface area contributed by atoms with E-state index < -0.39 is 0 Å². The molecule has 4 saturated carbocycles. The average molecular weight is 441 g/mol. The SMILES string of the molecule is O=C(CSc1nnc(-c2ccccc2)cc1-c1ccccc1)C12CC3CC(CC(C3)C1)C2. The summed E-state index contributed by atoms with van der Waals surface area (Å²) in [5.74, 6) is 3.33. The summed E-state index contributed by atoms with van der Waals surface area (Å²) in [6.45, 7) is 0. The molecule has 7 rings (SSSR count). The topological polar surface area (TPSA) is 42.9 Å². The molecule has 4 fully saturated rings. The number of hydrogen-bond acceptors (Lipinski definition) is 4. The number of ketones is 1. The second-order valence-corrected chi connectivity index (χ2v) is 11.1. The summed E-state index contributed by atoms with van der Waals surface area (Å²) >= 11 is 1.58. The quantitative estimate of drug-likeness (QED) is 0.401.